The van der Waals surface area contributed by atoms with Crippen LogP contribution in [0.3, 0.4) is 0 Å². The molecular weight excluding hydrogens is 324 g/mol. The molecule has 0 radical (unpaired) electrons. The van der Waals surface area contributed by atoms with Gasteiger partial charge in [-0.2, -0.15) is 0 Å². The van der Waals surface area contributed by atoms with E-state index in [9.17, 15) is 0 Å². The van der Waals surface area contributed by atoms with Crippen LogP contribution in [-0.4, -0.2) is 11.7 Å². The van der Waals surface area contributed by atoms with Crippen molar-refractivity contribution in [2.24, 2.45) is 0 Å². The summed E-state index contributed by atoms with van der Waals surface area (Å²) in [5.41, 5.74) is 5.43. The summed E-state index contributed by atoms with van der Waals surface area (Å²) in [5.74, 6) is 0. The van der Waals surface area contributed by atoms with Gasteiger partial charge in [0, 0.05) is 6.42 Å². The minimum atomic E-state index is 0.570. The van der Waals surface area contributed by atoms with Crippen molar-refractivity contribution in [1.29, 1.82) is 0 Å². The highest BCUT2D eigenvalue weighted by molar-refractivity contribution is 7.80. The van der Waals surface area contributed by atoms with E-state index in [0.717, 1.165) is 25.7 Å². The molecule has 1 rings (SSSR count). The first-order chi connectivity index (χ1) is 12.0. The van der Waals surface area contributed by atoms with Gasteiger partial charge in [-0.15, -0.1) is 0 Å². The fourth-order valence-electron chi connectivity index (χ4n) is 2.43. The Hall–Kier alpha value is -1.67. The molecule has 0 heterocycles. The predicted octanol–water partition coefficient (Wildman–Crippen LogP) is 6.99. The Morgan fingerprint density at radius 2 is 1.48 bits per heavy atom. The molecule has 0 saturated carbocycles. The van der Waals surface area contributed by atoms with Crippen molar-refractivity contribution in [3.05, 3.63) is 70.8 Å². The highest BCUT2D eigenvalue weighted by Gasteiger charge is 1.99. The number of benzene rings is 1. The molecule has 0 bridgehead atoms. The van der Waals surface area contributed by atoms with Gasteiger partial charge in [0.25, 0.3) is 0 Å². The van der Waals surface area contributed by atoms with E-state index >= 15 is 0 Å². The third-order valence-electron chi connectivity index (χ3n) is 3.99. The van der Waals surface area contributed by atoms with Gasteiger partial charge < -0.3 is 4.74 Å². The van der Waals surface area contributed by atoms with Crippen LogP contribution in [0.4, 0.5) is 0 Å². The Morgan fingerprint density at radius 1 is 0.880 bits per heavy atom. The Balaban J connectivity index is 2.22. The third-order valence-corrected chi connectivity index (χ3v) is 4.25. The number of thiocarbonyl (C=S) groups is 1. The van der Waals surface area contributed by atoms with Gasteiger partial charge in [0.1, 0.15) is 6.61 Å². The molecule has 0 spiro atoms. The molecule has 1 nitrogen and oxygen atoms in total. The van der Waals surface area contributed by atoms with Crippen molar-refractivity contribution in [2.75, 3.05) is 6.61 Å². The van der Waals surface area contributed by atoms with Gasteiger partial charge >= 0.3 is 0 Å². The van der Waals surface area contributed by atoms with Crippen LogP contribution in [0.5, 0.6) is 0 Å². The summed E-state index contributed by atoms with van der Waals surface area (Å²) in [6.07, 6.45) is 12.0. The van der Waals surface area contributed by atoms with E-state index in [2.05, 4.69) is 58.1 Å². The van der Waals surface area contributed by atoms with Crippen LogP contribution in [0.25, 0.3) is 0 Å². The lowest BCUT2D eigenvalue weighted by Gasteiger charge is -2.06. The van der Waals surface area contributed by atoms with Gasteiger partial charge in [-0.25, -0.2) is 0 Å². The van der Waals surface area contributed by atoms with E-state index < -0.39 is 0 Å². The Bertz CT molecular complexity index is 604. The first kappa shape index (κ1) is 21.4. The monoisotopic (exact) mass is 356 g/mol. The van der Waals surface area contributed by atoms with E-state index in [0.29, 0.717) is 18.1 Å². The number of rotatable bonds is 10. The van der Waals surface area contributed by atoms with E-state index in [4.69, 9.17) is 17.0 Å². The first-order valence-electron chi connectivity index (χ1n) is 9.11. The van der Waals surface area contributed by atoms with E-state index in [1.165, 1.54) is 22.3 Å². The number of ether oxygens (including phenoxy) is 1. The lowest BCUT2D eigenvalue weighted by atomic mass is 10.1. The zero-order valence-electron chi connectivity index (χ0n) is 16.2. The normalized spacial score (nSPS) is 12.0. The standard InChI is InChI=1S/C23H32OS/c1-19(2)10-8-11-20(3)12-9-13-21(4)16-17-24-23(25)18-22-14-6-5-7-15-22/h5-7,10,12,14-16H,8-9,11,13,17-18H2,1-4H3/b20-12+,21-16+. The zero-order valence-corrected chi connectivity index (χ0v) is 17.0. The molecule has 0 saturated heterocycles. The quantitative estimate of drug-likeness (QED) is 0.330. The molecule has 0 aliphatic heterocycles. The minimum Gasteiger partial charge on any atom is -0.483 e. The molecule has 0 aromatic heterocycles. The number of hydrogen-bond donors (Lipinski definition) is 0. The zero-order chi connectivity index (χ0) is 18.5. The second kappa shape index (κ2) is 12.7. The second-order valence-electron chi connectivity index (χ2n) is 6.81. The van der Waals surface area contributed by atoms with Crippen LogP contribution in [0.15, 0.2) is 65.3 Å². The van der Waals surface area contributed by atoms with E-state index in [1.54, 1.807) is 0 Å². The van der Waals surface area contributed by atoms with Crippen LogP contribution < -0.4 is 0 Å². The van der Waals surface area contributed by atoms with Gasteiger partial charge in [-0.05, 0) is 77.2 Å². The van der Waals surface area contributed by atoms with Gasteiger partial charge in [0.05, 0.1) is 0 Å². The predicted molar refractivity (Wildman–Crippen MR) is 114 cm³/mol. The molecular formula is C23H32OS. The summed E-state index contributed by atoms with van der Waals surface area (Å²) in [7, 11) is 0. The van der Waals surface area contributed by atoms with Crippen LogP contribution in [0, 0.1) is 0 Å². The highest BCUT2D eigenvalue weighted by Crippen LogP contribution is 2.11. The fourth-order valence-corrected chi connectivity index (χ4v) is 2.66. The van der Waals surface area contributed by atoms with Gasteiger partial charge in [-0.3, -0.25) is 0 Å². The molecule has 0 aliphatic carbocycles. The molecule has 0 fully saturated rings. The van der Waals surface area contributed by atoms with Gasteiger partial charge in [0.15, 0.2) is 5.05 Å². The van der Waals surface area contributed by atoms with Crippen molar-refractivity contribution in [2.45, 2.75) is 59.8 Å². The molecule has 0 atom stereocenters. The maximum atomic E-state index is 5.65. The summed E-state index contributed by atoms with van der Waals surface area (Å²) < 4.78 is 5.65. The molecule has 1 aromatic rings. The number of allylic oxidation sites excluding steroid dienone is 5. The van der Waals surface area contributed by atoms with Crippen LogP contribution in [-0.2, 0) is 11.2 Å². The summed E-state index contributed by atoms with van der Waals surface area (Å²) >= 11 is 5.30. The van der Waals surface area contributed by atoms with E-state index in [-0.39, 0.29) is 0 Å². The first-order valence-corrected chi connectivity index (χ1v) is 9.52. The average Bonchev–Trinajstić information content (AvgIpc) is 2.55. The molecule has 25 heavy (non-hydrogen) atoms. The molecule has 2 heteroatoms. The van der Waals surface area contributed by atoms with Crippen LogP contribution >= 0.6 is 12.2 Å². The van der Waals surface area contributed by atoms with Crippen molar-refractivity contribution < 1.29 is 4.74 Å². The summed E-state index contributed by atoms with van der Waals surface area (Å²) in [6, 6.07) is 10.2. The van der Waals surface area contributed by atoms with Gasteiger partial charge in [-0.1, -0.05) is 59.2 Å². The molecule has 0 unspecified atom stereocenters. The maximum Gasteiger partial charge on any atom is 0.164 e. The number of hydrogen-bond acceptors (Lipinski definition) is 2. The molecule has 136 valence electrons. The third kappa shape index (κ3) is 11.5. The van der Waals surface area contributed by atoms with Crippen LogP contribution in [0.2, 0.25) is 0 Å². The van der Waals surface area contributed by atoms with Crippen LogP contribution in [0.1, 0.15) is 58.9 Å². The topological polar surface area (TPSA) is 9.23 Å². The Morgan fingerprint density at radius 3 is 2.12 bits per heavy atom. The lowest BCUT2D eigenvalue weighted by molar-refractivity contribution is 0.351. The van der Waals surface area contributed by atoms with Crippen molar-refractivity contribution in [3.63, 3.8) is 0 Å². The smallest absolute Gasteiger partial charge is 0.164 e. The van der Waals surface area contributed by atoms with Gasteiger partial charge in [0.2, 0.25) is 0 Å². The van der Waals surface area contributed by atoms with Crippen molar-refractivity contribution in [3.8, 4) is 0 Å². The summed E-state index contributed by atoms with van der Waals surface area (Å²) in [4.78, 5) is 0. The fraction of sp³-hybridized carbons (Fsp3) is 0.435. The van der Waals surface area contributed by atoms with E-state index in [1.807, 2.05) is 18.2 Å². The summed E-state index contributed by atoms with van der Waals surface area (Å²) in [5, 5.41) is 0.658. The molecule has 1 aromatic carbocycles. The average molecular weight is 357 g/mol. The Kier molecular flexibility index (Phi) is 10.8. The molecule has 0 N–H and O–H groups in total. The second-order valence-corrected chi connectivity index (χ2v) is 7.26. The Labute approximate surface area is 159 Å². The lowest BCUT2D eigenvalue weighted by Crippen LogP contribution is -2.05. The highest BCUT2D eigenvalue weighted by atomic mass is 32.1. The van der Waals surface area contributed by atoms with Crippen molar-refractivity contribution >= 4 is 17.3 Å². The SMILES string of the molecule is CC(C)=CCC/C(C)=C/CC/C(C)=C/COC(=S)Cc1ccccc1. The summed E-state index contributed by atoms with van der Waals surface area (Å²) in [6.45, 7) is 9.27. The molecule has 0 amide bonds. The molecule has 0 aliphatic rings. The van der Waals surface area contributed by atoms with Crippen molar-refractivity contribution in [1.82, 2.24) is 0 Å². The maximum absolute atomic E-state index is 5.65. The largest absolute Gasteiger partial charge is 0.483 e. The minimum absolute atomic E-state index is 0.570.